The molecule has 3 rings (SSSR count). The van der Waals surface area contributed by atoms with Crippen molar-refractivity contribution in [1.29, 1.82) is 0 Å². The van der Waals surface area contributed by atoms with Gasteiger partial charge in [0.15, 0.2) is 9.84 Å². The van der Waals surface area contributed by atoms with Crippen LogP contribution in [0, 0.1) is 0 Å². The molecule has 142 valence electrons. The van der Waals surface area contributed by atoms with E-state index < -0.39 is 15.9 Å². The first-order valence-corrected chi connectivity index (χ1v) is 10.9. The number of rotatable bonds is 4. The van der Waals surface area contributed by atoms with Crippen molar-refractivity contribution in [3.63, 3.8) is 0 Å². The van der Waals surface area contributed by atoms with E-state index in [0.717, 1.165) is 25.7 Å². The molecule has 0 bridgehead atoms. The predicted molar refractivity (Wildman–Crippen MR) is 100.0 cm³/mol. The summed E-state index contributed by atoms with van der Waals surface area (Å²) in [4.78, 5) is 24.2. The van der Waals surface area contributed by atoms with E-state index in [1.165, 1.54) is 6.42 Å². The molecular weight excluding hydrogens is 354 g/mol. The molecule has 8 heteroatoms. The topological polar surface area (TPSA) is 104 Å². The first-order chi connectivity index (χ1) is 12.4. The van der Waals surface area contributed by atoms with E-state index in [9.17, 15) is 18.0 Å². The SMILES string of the molecule is O=C(Nc1ccc(C(=O)NC2CCCCC2)cc1)N[C@H]1CCS(=O)(=O)C1. The Bertz CT molecular complexity index is 755. The summed E-state index contributed by atoms with van der Waals surface area (Å²) in [5, 5.41) is 8.39. The van der Waals surface area contributed by atoms with Gasteiger partial charge < -0.3 is 16.0 Å². The lowest BCUT2D eigenvalue weighted by Gasteiger charge is -2.22. The summed E-state index contributed by atoms with van der Waals surface area (Å²) in [7, 11) is -3.03. The molecule has 7 nitrogen and oxygen atoms in total. The van der Waals surface area contributed by atoms with Crippen LogP contribution in [0.2, 0.25) is 0 Å². The van der Waals surface area contributed by atoms with Gasteiger partial charge in [-0.05, 0) is 43.5 Å². The Labute approximate surface area is 153 Å². The molecule has 26 heavy (non-hydrogen) atoms. The Hall–Kier alpha value is -2.09. The number of urea groups is 1. The average Bonchev–Trinajstić information content (AvgIpc) is 2.94. The number of sulfone groups is 1. The normalized spacial score (nSPS) is 22.5. The van der Waals surface area contributed by atoms with Gasteiger partial charge in [-0.15, -0.1) is 0 Å². The van der Waals surface area contributed by atoms with Crippen molar-refractivity contribution < 1.29 is 18.0 Å². The Morgan fingerprint density at radius 2 is 1.58 bits per heavy atom. The van der Waals surface area contributed by atoms with Crippen molar-refractivity contribution >= 4 is 27.5 Å². The highest BCUT2D eigenvalue weighted by Gasteiger charge is 2.28. The molecule has 1 heterocycles. The van der Waals surface area contributed by atoms with Crippen LogP contribution in [0.5, 0.6) is 0 Å². The third kappa shape index (κ3) is 5.20. The van der Waals surface area contributed by atoms with Crippen molar-refractivity contribution in [3.05, 3.63) is 29.8 Å². The van der Waals surface area contributed by atoms with Crippen LogP contribution in [0.25, 0.3) is 0 Å². The minimum Gasteiger partial charge on any atom is -0.349 e. The van der Waals surface area contributed by atoms with Crippen LogP contribution >= 0.6 is 0 Å². The van der Waals surface area contributed by atoms with E-state index in [4.69, 9.17) is 0 Å². The smallest absolute Gasteiger partial charge is 0.319 e. The molecule has 1 aliphatic carbocycles. The molecule has 0 radical (unpaired) electrons. The van der Waals surface area contributed by atoms with Crippen molar-refractivity contribution in [2.24, 2.45) is 0 Å². The minimum atomic E-state index is -3.03. The fourth-order valence-corrected chi connectivity index (χ4v) is 5.16. The van der Waals surface area contributed by atoms with Crippen LogP contribution < -0.4 is 16.0 Å². The highest BCUT2D eigenvalue weighted by molar-refractivity contribution is 7.91. The third-order valence-electron chi connectivity index (χ3n) is 4.91. The van der Waals surface area contributed by atoms with Gasteiger partial charge >= 0.3 is 6.03 Å². The number of hydrogen-bond acceptors (Lipinski definition) is 4. The summed E-state index contributed by atoms with van der Waals surface area (Å²) in [6.07, 6.45) is 6.05. The second-order valence-electron chi connectivity index (χ2n) is 7.08. The van der Waals surface area contributed by atoms with Crippen LogP contribution in [-0.4, -0.2) is 43.9 Å². The molecule has 1 aromatic carbocycles. The zero-order chi connectivity index (χ0) is 18.6. The Kier molecular flexibility index (Phi) is 5.80. The van der Waals surface area contributed by atoms with Crippen LogP contribution in [0.15, 0.2) is 24.3 Å². The predicted octanol–water partition coefficient (Wildman–Crippen LogP) is 2.06. The molecule has 0 aromatic heterocycles. The molecule has 3 N–H and O–H groups in total. The summed E-state index contributed by atoms with van der Waals surface area (Å²) in [6, 6.07) is 6.15. The first kappa shape index (κ1) is 18.7. The lowest BCUT2D eigenvalue weighted by Crippen LogP contribution is -2.38. The van der Waals surface area contributed by atoms with Gasteiger partial charge in [-0.1, -0.05) is 19.3 Å². The Morgan fingerprint density at radius 3 is 2.19 bits per heavy atom. The second kappa shape index (κ2) is 8.07. The molecular formula is C18H25N3O4S. The van der Waals surface area contributed by atoms with Gasteiger partial charge in [-0.2, -0.15) is 0 Å². The number of carbonyl (C=O) groups is 2. The lowest BCUT2D eigenvalue weighted by atomic mass is 9.95. The Balaban J connectivity index is 1.49. The summed E-state index contributed by atoms with van der Waals surface area (Å²) in [5.41, 5.74) is 1.11. The van der Waals surface area contributed by atoms with Gasteiger partial charge in [0.1, 0.15) is 0 Å². The number of amides is 3. The van der Waals surface area contributed by atoms with E-state index in [-0.39, 0.29) is 29.5 Å². The van der Waals surface area contributed by atoms with Gasteiger partial charge in [0.05, 0.1) is 11.5 Å². The lowest BCUT2D eigenvalue weighted by molar-refractivity contribution is 0.0927. The van der Waals surface area contributed by atoms with E-state index in [0.29, 0.717) is 17.7 Å². The van der Waals surface area contributed by atoms with Crippen molar-refractivity contribution in [3.8, 4) is 0 Å². The molecule has 2 fully saturated rings. The third-order valence-corrected chi connectivity index (χ3v) is 6.68. The molecule has 1 saturated carbocycles. The number of nitrogens with one attached hydrogen (secondary N) is 3. The maximum absolute atomic E-state index is 12.3. The molecule has 1 aromatic rings. The van der Waals surface area contributed by atoms with Crippen LogP contribution in [-0.2, 0) is 9.84 Å². The molecule has 3 amide bonds. The van der Waals surface area contributed by atoms with Crippen molar-refractivity contribution in [2.75, 3.05) is 16.8 Å². The summed E-state index contributed by atoms with van der Waals surface area (Å²) in [6.45, 7) is 0. The molecule has 1 saturated heterocycles. The van der Waals surface area contributed by atoms with Gasteiger partial charge in [0.2, 0.25) is 0 Å². The minimum absolute atomic E-state index is 0.0132. The van der Waals surface area contributed by atoms with Crippen LogP contribution in [0.4, 0.5) is 10.5 Å². The summed E-state index contributed by atoms with van der Waals surface area (Å²) < 4.78 is 22.8. The van der Waals surface area contributed by atoms with Crippen molar-refractivity contribution in [2.45, 2.75) is 50.6 Å². The van der Waals surface area contributed by atoms with Crippen molar-refractivity contribution in [1.82, 2.24) is 10.6 Å². The van der Waals surface area contributed by atoms with Gasteiger partial charge in [-0.3, -0.25) is 4.79 Å². The summed E-state index contributed by atoms with van der Waals surface area (Å²) >= 11 is 0. The van der Waals surface area contributed by atoms with E-state index in [2.05, 4.69) is 16.0 Å². The van der Waals surface area contributed by atoms with Gasteiger partial charge in [-0.25, -0.2) is 13.2 Å². The zero-order valence-corrected chi connectivity index (χ0v) is 15.5. The number of anilines is 1. The molecule has 0 unspecified atom stereocenters. The molecule has 2 aliphatic rings. The number of hydrogen-bond donors (Lipinski definition) is 3. The molecule has 1 aliphatic heterocycles. The average molecular weight is 379 g/mol. The van der Waals surface area contributed by atoms with E-state index >= 15 is 0 Å². The number of benzene rings is 1. The maximum Gasteiger partial charge on any atom is 0.319 e. The Morgan fingerprint density at radius 1 is 0.885 bits per heavy atom. The highest BCUT2D eigenvalue weighted by Crippen LogP contribution is 2.18. The summed E-state index contributed by atoms with van der Waals surface area (Å²) in [5.74, 6) is 0.00718. The standard InChI is InChI=1S/C18H25N3O4S/c22-17(19-14-4-2-1-3-5-14)13-6-8-15(9-7-13)20-18(23)21-16-10-11-26(24,25)12-16/h6-9,14,16H,1-5,10-12H2,(H,19,22)(H2,20,21,23)/t16-/m0/s1. The molecule has 1 atom stereocenters. The highest BCUT2D eigenvalue weighted by atomic mass is 32.2. The molecule has 0 spiro atoms. The van der Waals surface area contributed by atoms with E-state index in [1.54, 1.807) is 24.3 Å². The van der Waals surface area contributed by atoms with Gasteiger partial charge in [0.25, 0.3) is 5.91 Å². The van der Waals surface area contributed by atoms with Crippen LogP contribution in [0.1, 0.15) is 48.9 Å². The quantitative estimate of drug-likeness (QED) is 0.745. The largest absolute Gasteiger partial charge is 0.349 e. The zero-order valence-electron chi connectivity index (χ0n) is 14.7. The maximum atomic E-state index is 12.3. The monoisotopic (exact) mass is 379 g/mol. The fourth-order valence-electron chi connectivity index (χ4n) is 3.48. The first-order valence-electron chi connectivity index (χ1n) is 9.10. The fraction of sp³-hybridized carbons (Fsp3) is 0.556. The van der Waals surface area contributed by atoms with Gasteiger partial charge in [0, 0.05) is 23.3 Å². The van der Waals surface area contributed by atoms with E-state index in [1.807, 2.05) is 0 Å². The second-order valence-corrected chi connectivity index (χ2v) is 9.31. The number of carbonyl (C=O) groups excluding carboxylic acids is 2. The van der Waals surface area contributed by atoms with Crippen LogP contribution in [0.3, 0.4) is 0 Å².